The molecular weight excluding hydrogens is 347 g/mol. The van der Waals surface area contributed by atoms with E-state index in [1.165, 1.54) is 19.1 Å². The van der Waals surface area contributed by atoms with Crippen molar-refractivity contribution < 1.29 is 18.4 Å². The highest BCUT2D eigenvalue weighted by molar-refractivity contribution is 6.03. The quantitative estimate of drug-likeness (QED) is 0.732. The average Bonchev–Trinajstić information content (AvgIpc) is 3.13. The third kappa shape index (κ3) is 4.23. The Morgan fingerprint density at radius 3 is 2.48 bits per heavy atom. The number of para-hydroxylation sites is 1. The minimum atomic E-state index is -0.449. The Kier molecular flexibility index (Phi) is 5.35. The van der Waals surface area contributed by atoms with Crippen LogP contribution in [-0.2, 0) is 11.3 Å². The topological polar surface area (TPSA) is 62.6 Å². The number of anilines is 1. The van der Waals surface area contributed by atoms with E-state index in [0.29, 0.717) is 17.8 Å². The molecule has 0 spiro atoms. The largest absolute Gasteiger partial charge is 0.451 e. The molecule has 6 heteroatoms. The summed E-state index contributed by atoms with van der Waals surface area (Å²) in [5.74, 6) is -0.588. The number of benzene rings is 2. The second kappa shape index (κ2) is 7.86. The normalized spacial score (nSPS) is 10.5. The number of nitrogens with zero attached hydrogens (tertiary/aromatic N) is 1. The third-order valence-electron chi connectivity index (χ3n) is 4.18. The van der Waals surface area contributed by atoms with E-state index in [0.717, 1.165) is 5.56 Å². The molecule has 1 aromatic heterocycles. The van der Waals surface area contributed by atoms with Gasteiger partial charge in [0.15, 0.2) is 5.76 Å². The van der Waals surface area contributed by atoms with Crippen molar-refractivity contribution in [2.75, 3.05) is 12.4 Å². The van der Waals surface area contributed by atoms with E-state index in [-0.39, 0.29) is 17.4 Å². The Labute approximate surface area is 156 Å². The number of halogens is 1. The van der Waals surface area contributed by atoms with Gasteiger partial charge in [0, 0.05) is 26.2 Å². The summed E-state index contributed by atoms with van der Waals surface area (Å²) in [5, 5.41) is 2.79. The lowest BCUT2D eigenvalue weighted by Gasteiger charge is -2.17. The molecular formula is C21H19FN2O3. The van der Waals surface area contributed by atoms with E-state index in [4.69, 9.17) is 4.42 Å². The first-order chi connectivity index (χ1) is 13.0. The number of nitrogens with one attached hydrogen (secondary N) is 1. The number of rotatable bonds is 5. The van der Waals surface area contributed by atoms with Gasteiger partial charge in [0.05, 0.1) is 5.56 Å². The van der Waals surface area contributed by atoms with Gasteiger partial charge in [-0.05, 0) is 35.9 Å². The average molecular weight is 366 g/mol. The van der Waals surface area contributed by atoms with E-state index in [2.05, 4.69) is 5.32 Å². The number of carbonyl (C=O) groups is 2. The maximum absolute atomic E-state index is 13.9. The molecule has 0 unspecified atom stereocenters. The number of hydrogen-bond acceptors (Lipinski definition) is 3. The van der Waals surface area contributed by atoms with Crippen LogP contribution in [0.4, 0.5) is 10.1 Å². The molecule has 27 heavy (non-hydrogen) atoms. The van der Waals surface area contributed by atoms with Crippen LogP contribution >= 0.6 is 0 Å². The Morgan fingerprint density at radius 2 is 1.74 bits per heavy atom. The molecule has 3 aromatic rings. The molecule has 1 heterocycles. The lowest BCUT2D eigenvalue weighted by molar-refractivity contribution is -0.128. The Morgan fingerprint density at radius 1 is 1.04 bits per heavy atom. The molecule has 0 fully saturated rings. The molecule has 0 aliphatic rings. The van der Waals surface area contributed by atoms with Gasteiger partial charge in [-0.25, -0.2) is 4.39 Å². The monoisotopic (exact) mass is 366 g/mol. The smallest absolute Gasteiger partial charge is 0.291 e. The second-order valence-electron chi connectivity index (χ2n) is 6.13. The molecule has 0 saturated heterocycles. The molecule has 0 radical (unpaired) electrons. The van der Waals surface area contributed by atoms with Crippen LogP contribution in [-0.4, -0.2) is 23.8 Å². The zero-order valence-corrected chi connectivity index (χ0v) is 15.0. The van der Waals surface area contributed by atoms with Crippen LogP contribution in [0.15, 0.2) is 65.1 Å². The van der Waals surface area contributed by atoms with Gasteiger partial charge >= 0.3 is 0 Å². The van der Waals surface area contributed by atoms with Crippen molar-refractivity contribution in [3.8, 4) is 11.3 Å². The van der Waals surface area contributed by atoms with Crippen LogP contribution < -0.4 is 5.32 Å². The Hall–Kier alpha value is -3.41. The predicted molar refractivity (Wildman–Crippen MR) is 101 cm³/mol. The summed E-state index contributed by atoms with van der Waals surface area (Å²) in [5.41, 5.74) is 1.67. The van der Waals surface area contributed by atoms with Gasteiger partial charge in [-0.15, -0.1) is 0 Å². The van der Waals surface area contributed by atoms with Crippen molar-refractivity contribution >= 4 is 17.5 Å². The molecule has 2 aromatic carbocycles. The summed E-state index contributed by atoms with van der Waals surface area (Å²) < 4.78 is 19.4. The maximum atomic E-state index is 13.9. The fourth-order valence-electron chi connectivity index (χ4n) is 2.60. The summed E-state index contributed by atoms with van der Waals surface area (Å²) in [6.45, 7) is 1.85. The first kappa shape index (κ1) is 18.4. The van der Waals surface area contributed by atoms with Crippen molar-refractivity contribution in [3.63, 3.8) is 0 Å². The number of amides is 2. The molecule has 0 atom stereocenters. The van der Waals surface area contributed by atoms with E-state index in [1.54, 1.807) is 48.3 Å². The summed E-state index contributed by atoms with van der Waals surface area (Å²) >= 11 is 0. The van der Waals surface area contributed by atoms with Gasteiger partial charge in [0.1, 0.15) is 11.6 Å². The van der Waals surface area contributed by atoms with E-state index in [9.17, 15) is 14.0 Å². The van der Waals surface area contributed by atoms with E-state index in [1.807, 2.05) is 12.1 Å². The second-order valence-corrected chi connectivity index (χ2v) is 6.13. The van der Waals surface area contributed by atoms with Gasteiger partial charge in [-0.2, -0.15) is 0 Å². The number of hydrogen-bond donors (Lipinski definition) is 1. The van der Waals surface area contributed by atoms with Crippen molar-refractivity contribution in [2.45, 2.75) is 13.5 Å². The fraction of sp³-hybridized carbons (Fsp3) is 0.143. The predicted octanol–water partition coefficient (Wildman–Crippen LogP) is 4.32. The van der Waals surface area contributed by atoms with Gasteiger partial charge < -0.3 is 14.6 Å². The van der Waals surface area contributed by atoms with Crippen LogP contribution in [0.3, 0.4) is 0 Å². The maximum Gasteiger partial charge on any atom is 0.291 e. The van der Waals surface area contributed by atoms with Crippen LogP contribution in [0.2, 0.25) is 0 Å². The van der Waals surface area contributed by atoms with Gasteiger partial charge in [-0.3, -0.25) is 9.59 Å². The minimum Gasteiger partial charge on any atom is -0.451 e. The molecule has 0 aliphatic heterocycles. The fourth-order valence-corrected chi connectivity index (χ4v) is 2.60. The Bertz CT molecular complexity index is 981. The van der Waals surface area contributed by atoms with Gasteiger partial charge in [-0.1, -0.05) is 30.3 Å². The highest BCUT2D eigenvalue weighted by atomic mass is 19.1. The Balaban J connectivity index is 1.79. The highest BCUT2D eigenvalue weighted by Crippen LogP contribution is 2.25. The van der Waals surface area contributed by atoms with Crippen molar-refractivity contribution in [3.05, 3.63) is 77.8 Å². The zero-order chi connectivity index (χ0) is 19.4. The summed E-state index contributed by atoms with van der Waals surface area (Å²) in [7, 11) is 1.69. The highest BCUT2D eigenvalue weighted by Gasteiger charge is 2.16. The number of carbonyl (C=O) groups excluding carboxylic acids is 2. The first-order valence-electron chi connectivity index (χ1n) is 8.41. The summed E-state index contributed by atoms with van der Waals surface area (Å²) in [6.07, 6.45) is 0. The van der Waals surface area contributed by atoms with Crippen LogP contribution in [0.1, 0.15) is 23.0 Å². The van der Waals surface area contributed by atoms with Crippen LogP contribution in [0, 0.1) is 5.82 Å². The van der Waals surface area contributed by atoms with Crippen LogP contribution in [0.25, 0.3) is 11.3 Å². The summed E-state index contributed by atoms with van der Waals surface area (Å²) in [4.78, 5) is 25.5. The minimum absolute atomic E-state index is 0.0722. The lowest BCUT2D eigenvalue weighted by Crippen LogP contribution is -2.24. The summed E-state index contributed by atoms with van der Waals surface area (Å²) in [6, 6.07) is 16.5. The molecule has 1 N–H and O–H groups in total. The molecule has 0 saturated carbocycles. The molecule has 5 nitrogen and oxygen atoms in total. The molecule has 138 valence electrons. The first-order valence-corrected chi connectivity index (χ1v) is 8.41. The van der Waals surface area contributed by atoms with Gasteiger partial charge in [0.2, 0.25) is 5.91 Å². The standard InChI is InChI=1S/C21H19FN2O3/c1-14(25)24(2)13-15-7-3-6-10-18(15)23-21(26)20-12-11-19(27-20)16-8-4-5-9-17(16)22/h3-12H,13H2,1-2H3,(H,23,26). The number of furan rings is 1. The van der Waals surface area contributed by atoms with Crippen molar-refractivity contribution in [1.82, 2.24) is 4.90 Å². The van der Waals surface area contributed by atoms with E-state index < -0.39 is 11.7 Å². The lowest BCUT2D eigenvalue weighted by atomic mass is 10.1. The molecule has 0 bridgehead atoms. The third-order valence-corrected chi connectivity index (χ3v) is 4.18. The molecule has 2 amide bonds. The molecule has 3 rings (SSSR count). The molecule has 0 aliphatic carbocycles. The van der Waals surface area contributed by atoms with Crippen LogP contribution in [0.5, 0.6) is 0 Å². The SMILES string of the molecule is CC(=O)N(C)Cc1ccccc1NC(=O)c1ccc(-c2ccccc2F)o1. The van der Waals surface area contributed by atoms with Crippen molar-refractivity contribution in [1.29, 1.82) is 0 Å². The zero-order valence-electron chi connectivity index (χ0n) is 15.0. The van der Waals surface area contributed by atoms with E-state index >= 15 is 0 Å². The van der Waals surface area contributed by atoms with Crippen molar-refractivity contribution in [2.24, 2.45) is 0 Å². The van der Waals surface area contributed by atoms with Gasteiger partial charge in [0.25, 0.3) is 5.91 Å².